The first-order valence-corrected chi connectivity index (χ1v) is 8.76. The van der Waals surface area contributed by atoms with Crippen molar-refractivity contribution in [2.75, 3.05) is 40.4 Å². The first-order valence-electron chi connectivity index (χ1n) is 8.76. The number of fused-ring (bicyclic) bond motifs is 3. The highest BCUT2D eigenvalue weighted by Crippen LogP contribution is 2.25. The Balaban J connectivity index is 1.56. The van der Waals surface area contributed by atoms with E-state index in [1.807, 2.05) is 9.47 Å². The molecule has 3 heterocycles. The lowest BCUT2D eigenvalue weighted by molar-refractivity contribution is 0.174. The molecule has 0 aromatic carbocycles. The monoisotopic (exact) mass is 336 g/mol. The van der Waals surface area contributed by atoms with Gasteiger partial charge in [0.05, 0.1) is 13.2 Å². The van der Waals surface area contributed by atoms with Crippen LogP contribution in [0.25, 0.3) is 0 Å². The number of methoxy groups -OCH3 is 1. The fourth-order valence-corrected chi connectivity index (χ4v) is 3.75. The average molecular weight is 336 g/mol. The van der Waals surface area contributed by atoms with Crippen LogP contribution in [0.4, 0.5) is 4.79 Å². The Morgan fingerprint density at radius 3 is 3.08 bits per heavy atom. The lowest BCUT2D eigenvalue weighted by Gasteiger charge is -2.29. The number of hydrogen-bond acceptors (Lipinski definition) is 5. The van der Waals surface area contributed by atoms with Crippen LogP contribution in [0, 0.1) is 5.92 Å². The highest BCUT2D eigenvalue weighted by molar-refractivity contribution is 5.74. The molecule has 1 aromatic heterocycles. The average Bonchev–Trinajstić information content (AvgIpc) is 2.84. The normalized spacial score (nSPS) is 24.7. The van der Waals surface area contributed by atoms with Crippen LogP contribution in [-0.4, -0.2) is 77.0 Å². The summed E-state index contributed by atoms with van der Waals surface area (Å²) in [6, 6.07) is 0.483. The molecule has 2 atom stereocenters. The van der Waals surface area contributed by atoms with Crippen molar-refractivity contribution < 1.29 is 9.53 Å². The van der Waals surface area contributed by atoms with Gasteiger partial charge in [0.2, 0.25) is 0 Å². The molecule has 0 radical (unpaired) electrons. The van der Waals surface area contributed by atoms with Gasteiger partial charge in [0.1, 0.15) is 6.33 Å². The van der Waals surface area contributed by atoms with Gasteiger partial charge in [-0.25, -0.2) is 4.79 Å². The predicted molar refractivity (Wildman–Crippen MR) is 89.5 cm³/mol. The van der Waals surface area contributed by atoms with E-state index in [0.717, 1.165) is 25.5 Å². The number of nitrogens with one attached hydrogen (secondary N) is 1. The second-order valence-corrected chi connectivity index (χ2v) is 6.89. The molecule has 0 aliphatic carbocycles. The minimum Gasteiger partial charge on any atom is -0.383 e. The van der Waals surface area contributed by atoms with Crippen LogP contribution in [0.2, 0.25) is 0 Å². The first kappa shape index (κ1) is 17.2. The van der Waals surface area contributed by atoms with Gasteiger partial charge in [0.15, 0.2) is 5.82 Å². The lowest BCUT2D eigenvalue weighted by atomic mass is 10.00. The molecular formula is C16H28N6O2. The fraction of sp³-hybridized carbons (Fsp3) is 0.812. The number of hydrogen-bond donors (Lipinski definition) is 1. The number of likely N-dealkylation sites (tertiary alicyclic amines) is 1. The van der Waals surface area contributed by atoms with Crippen LogP contribution >= 0.6 is 0 Å². The Hall–Kier alpha value is -1.67. The quantitative estimate of drug-likeness (QED) is 0.850. The highest BCUT2D eigenvalue weighted by atomic mass is 16.5. The summed E-state index contributed by atoms with van der Waals surface area (Å²) >= 11 is 0. The molecule has 2 aliphatic heterocycles. The second kappa shape index (κ2) is 7.94. The Labute approximate surface area is 143 Å². The van der Waals surface area contributed by atoms with Crippen LogP contribution in [-0.2, 0) is 17.8 Å². The number of urea groups is 1. The second-order valence-electron chi connectivity index (χ2n) is 6.89. The molecule has 2 bridgehead atoms. The van der Waals surface area contributed by atoms with Gasteiger partial charge >= 0.3 is 6.03 Å². The zero-order valence-corrected chi connectivity index (χ0v) is 14.6. The van der Waals surface area contributed by atoms with Crippen molar-refractivity contribution >= 4 is 6.03 Å². The van der Waals surface area contributed by atoms with Crippen molar-refractivity contribution in [3.63, 3.8) is 0 Å². The maximum absolute atomic E-state index is 12.6. The van der Waals surface area contributed by atoms with E-state index in [2.05, 4.69) is 27.5 Å². The van der Waals surface area contributed by atoms with Gasteiger partial charge in [-0.3, -0.25) is 0 Å². The number of amides is 2. The summed E-state index contributed by atoms with van der Waals surface area (Å²) in [6.07, 6.45) is 5.35. The van der Waals surface area contributed by atoms with E-state index in [9.17, 15) is 4.79 Å². The zero-order chi connectivity index (χ0) is 16.9. The van der Waals surface area contributed by atoms with Crippen LogP contribution in [0.3, 0.4) is 0 Å². The number of rotatable bonds is 5. The number of carbonyl (C=O) groups is 1. The molecule has 3 rings (SSSR count). The van der Waals surface area contributed by atoms with Crippen LogP contribution in [0.5, 0.6) is 0 Å². The third-order valence-corrected chi connectivity index (χ3v) is 5.15. The Morgan fingerprint density at radius 1 is 1.38 bits per heavy atom. The summed E-state index contributed by atoms with van der Waals surface area (Å²) in [6.45, 7) is 4.44. The number of aromatic nitrogens is 3. The van der Waals surface area contributed by atoms with Crippen molar-refractivity contribution in [3.05, 3.63) is 12.2 Å². The van der Waals surface area contributed by atoms with Gasteiger partial charge < -0.3 is 24.4 Å². The number of nitrogens with zero attached hydrogens (tertiary/aromatic N) is 5. The van der Waals surface area contributed by atoms with Crippen LogP contribution in [0.15, 0.2) is 6.33 Å². The predicted octanol–water partition coefficient (Wildman–Crippen LogP) is 0.550. The summed E-state index contributed by atoms with van der Waals surface area (Å²) in [4.78, 5) is 17.0. The molecule has 0 saturated carbocycles. The molecule has 2 fully saturated rings. The van der Waals surface area contributed by atoms with Gasteiger partial charge in [0.25, 0.3) is 0 Å². The van der Waals surface area contributed by atoms with Crippen molar-refractivity contribution in [3.8, 4) is 0 Å². The van der Waals surface area contributed by atoms with E-state index in [1.54, 1.807) is 13.4 Å². The maximum Gasteiger partial charge on any atom is 0.317 e. The molecule has 0 spiro atoms. The summed E-state index contributed by atoms with van der Waals surface area (Å²) in [5, 5.41) is 11.0. The Kier molecular flexibility index (Phi) is 5.68. The molecule has 2 aliphatic rings. The molecular weight excluding hydrogens is 308 g/mol. The maximum atomic E-state index is 12.6. The number of likely N-dealkylation sites (N-methyl/N-ethyl adjacent to an activating group) is 1. The van der Waals surface area contributed by atoms with E-state index < -0.39 is 0 Å². The molecule has 2 saturated heterocycles. The fourth-order valence-electron chi connectivity index (χ4n) is 3.75. The van der Waals surface area contributed by atoms with E-state index in [0.29, 0.717) is 31.7 Å². The smallest absolute Gasteiger partial charge is 0.317 e. The first-order chi connectivity index (χ1) is 11.7. The third-order valence-electron chi connectivity index (χ3n) is 5.15. The summed E-state index contributed by atoms with van der Waals surface area (Å²) in [7, 11) is 3.85. The summed E-state index contributed by atoms with van der Waals surface area (Å²) < 4.78 is 6.99. The lowest BCUT2D eigenvalue weighted by Crippen LogP contribution is -2.46. The van der Waals surface area contributed by atoms with Crippen LogP contribution in [0.1, 0.15) is 25.1 Å². The van der Waals surface area contributed by atoms with Gasteiger partial charge in [-0.1, -0.05) is 6.42 Å². The zero-order valence-electron chi connectivity index (χ0n) is 14.6. The molecule has 24 heavy (non-hydrogen) atoms. The van der Waals surface area contributed by atoms with E-state index in [4.69, 9.17) is 4.74 Å². The van der Waals surface area contributed by atoms with Gasteiger partial charge in [-0.15, -0.1) is 10.2 Å². The van der Waals surface area contributed by atoms with Gasteiger partial charge in [0, 0.05) is 39.3 Å². The largest absolute Gasteiger partial charge is 0.383 e. The summed E-state index contributed by atoms with van der Waals surface area (Å²) in [5.41, 5.74) is 0. The molecule has 1 aromatic rings. The highest BCUT2D eigenvalue weighted by Gasteiger charge is 2.32. The topological polar surface area (TPSA) is 75.5 Å². The molecule has 8 nitrogen and oxygen atoms in total. The van der Waals surface area contributed by atoms with Crippen LogP contribution < -0.4 is 5.32 Å². The minimum absolute atomic E-state index is 0.00323. The van der Waals surface area contributed by atoms with E-state index in [-0.39, 0.29) is 6.03 Å². The SMILES string of the molecule is COCCn1cnnc1CNC(=O)N1C[C@H]2CCC[C@@H](C1)N(C)C2. The van der Waals surface area contributed by atoms with Crippen molar-refractivity contribution in [2.45, 2.75) is 38.4 Å². The Morgan fingerprint density at radius 2 is 2.25 bits per heavy atom. The van der Waals surface area contributed by atoms with E-state index >= 15 is 0 Å². The molecule has 1 N–H and O–H groups in total. The molecule has 134 valence electrons. The van der Waals surface area contributed by atoms with Crippen molar-refractivity contribution in [1.82, 2.24) is 29.9 Å². The Bertz CT molecular complexity index is 548. The molecule has 8 heteroatoms. The van der Waals surface area contributed by atoms with Gasteiger partial charge in [-0.2, -0.15) is 0 Å². The minimum atomic E-state index is 0.00323. The van der Waals surface area contributed by atoms with Crippen molar-refractivity contribution in [2.24, 2.45) is 5.92 Å². The van der Waals surface area contributed by atoms with Gasteiger partial charge in [-0.05, 0) is 25.8 Å². The number of ether oxygens (including phenoxy) is 1. The standard InChI is InChI=1S/C16H28N6O2/c1-20-9-13-4-3-5-14(20)11-22(10-13)16(23)17-8-15-19-18-12-21(15)6-7-24-2/h12-14H,3-11H2,1-2H3,(H,17,23)/t13-,14-/m0/s1. The third kappa shape index (κ3) is 4.05. The number of carbonyl (C=O) groups excluding carboxylic acids is 1. The molecule has 0 unspecified atom stereocenters. The van der Waals surface area contributed by atoms with Crippen molar-refractivity contribution in [1.29, 1.82) is 0 Å². The summed E-state index contributed by atoms with van der Waals surface area (Å²) in [5.74, 6) is 1.34. The molecule has 2 amide bonds. The van der Waals surface area contributed by atoms with E-state index in [1.165, 1.54) is 19.3 Å².